The predicted molar refractivity (Wildman–Crippen MR) is 108 cm³/mol. The molecule has 1 aliphatic heterocycles. The summed E-state index contributed by atoms with van der Waals surface area (Å²) in [6, 6.07) is 2.19. The Morgan fingerprint density at radius 2 is 2.26 bits per heavy atom. The van der Waals surface area contributed by atoms with E-state index in [1.165, 1.54) is 12.3 Å². The minimum Gasteiger partial charge on any atom is -0.475 e. The van der Waals surface area contributed by atoms with Crippen LogP contribution in [0.15, 0.2) is 23.3 Å². The third-order valence-corrected chi connectivity index (χ3v) is 3.92. The second-order valence-electron chi connectivity index (χ2n) is 6.05. The molecule has 0 saturated carbocycles. The van der Waals surface area contributed by atoms with Crippen molar-refractivity contribution in [2.45, 2.75) is 19.5 Å². The van der Waals surface area contributed by atoms with Gasteiger partial charge in [-0.2, -0.15) is 13.2 Å². The van der Waals surface area contributed by atoms with E-state index >= 15 is 0 Å². The van der Waals surface area contributed by atoms with Gasteiger partial charge in [0.2, 0.25) is 5.88 Å². The van der Waals surface area contributed by atoms with Gasteiger partial charge in [0, 0.05) is 38.9 Å². The molecule has 1 unspecified atom stereocenters. The fraction of sp³-hybridized carbons (Fsp3) is 0.647. The maximum atomic E-state index is 12.9. The van der Waals surface area contributed by atoms with Crippen LogP contribution in [0.3, 0.4) is 0 Å². The topological polar surface area (TPSA) is 59.0 Å². The second kappa shape index (κ2) is 11.5. The van der Waals surface area contributed by atoms with E-state index in [4.69, 9.17) is 9.47 Å². The Morgan fingerprint density at radius 1 is 1.48 bits per heavy atom. The Morgan fingerprint density at radius 3 is 2.89 bits per heavy atom. The standard InChI is InChI=1S/C17H25F3N4O2.HI/c1-3-21-16(24(2)11-13-6-9-25-12-13)23-8-10-26-15-14(17(18,19)20)5-4-7-22-15;/h4-5,7,13H,3,6,8-12H2,1-2H3,(H,21,23);1H. The lowest BCUT2D eigenvalue weighted by Crippen LogP contribution is -2.41. The molecule has 1 atom stereocenters. The summed E-state index contributed by atoms with van der Waals surface area (Å²) >= 11 is 0. The lowest BCUT2D eigenvalue weighted by molar-refractivity contribution is -0.139. The maximum absolute atomic E-state index is 12.9. The highest BCUT2D eigenvalue weighted by atomic mass is 127. The summed E-state index contributed by atoms with van der Waals surface area (Å²) in [6.45, 7) is 5.23. The van der Waals surface area contributed by atoms with Crippen LogP contribution in [0.5, 0.6) is 5.88 Å². The van der Waals surface area contributed by atoms with Crippen molar-refractivity contribution >= 4 is 29.9 Å². The predicted octanol–water partition coefficient (Wildman–Crippen LogP) is 3.03. The Kier molecular flexibility index (Phi) is 10.1. The van der Waals surface area contributed by atoms with Crippen LogP contribution in [-0.2, 0) is 10.9 Å². The number of rotatable bonds is 7. The first-order valence-electron chi connectivity index (χ1n) is 8.64. The number of halogens is 4. The van der Waals surface area contributed by atoms with Crippen molar-refractivity contribution in [1.29, 1.82) is 0 Å². The summed E-state index contributed by atoms with van der Waals surface area (Å²) in [5.74, 6) is 0.736. The molecule has 10 heteroatoms. The van der Waals surface area contributed by atoms with E-state index in [9.17, 15) is 13.2 Å². The van der Waals surface area contributed by atoms with Gasteiger partial charge in [0.1, 0.15) is 12.2 Å². The lowest BCUT2D eigenvalue weighted by Gasteiger charge is -2.24. The van der Waals surface area contributed by atoms with E-state index in [0.717, 1.165) is 32.2 Å². The number of alkyl halides is 3. The Labute approximate surface area is 174 Å². The van der Waals surface area contributed by atoms with Gasteiger partial charge in [-0.05, 0) is 25.5 Å². The van der Waals surface area contributed by atoms with Gasteiger partial charge in [0.05, 0.1) is 13.2 Å². The van der Waals surface area contributed by atoms with Crippen molar-refractivity contribution in [3.05, 3.63) is 23.9 Å². The largest absolute Gasteiger partial charge is 0.475 e. The normalized spacial score (nSPS) is 17.4. The highest BCUT2D eigenvalue weighted by Gasteiger charge is 2.35. The number of nitrogens with one attached hydrogen (secondary N) is 1. The first-order valence-corrected chi connectivity index (χ1v) is 8.64. The van der Waals surface area contributed by atoms with Crippen LogP contribution in [0.1, 0.15) is 18.9 Å². The van der Waals surface area contributed by atoms with Gasteiger partial charge in [0.25, 0.3) is 0 Å². The molecule has 1 N–H and O–H groups in total. The quantitative estimate of drug-likeness (QED) is 0.269. The highest BCUT2D eigenvalue weighted by Crippen LogP contribution is 2.34. The Bertz CT molecular complexity index is 596. The Hall–Kier alpha value is -1.30. The zero-order chi connectivity index (χ0) is 19.0. The monoisotopic (exact) mass is 502 g/mol. The molecule has 2 heterocycles. The summed E-state index contributed by atoms with van der Waals surface area (Å²) in [5, 5.41) is 3.17. The fourth-order valence-electron chi connectivity index (χ4n) is 2.69. The van der Waals surface area contributed by atoms with Crippen LogP contribution in [-0.4, -0.2) is 62.3 Å². The molecule has 0 amide bonds. The summed E-state index contributed by atoms with van der Waals surface area (Å²) < 4.78 is 49.3. The van der Waals surface area contributed by atoms with Crippen molar-refractivity contribution in [2.24, 2.45) is 10.9 Å². The van der Waals surface area contributed by atoms with Gasteiger partial charge in [-0.25, -0.2) is 9.98 Å². The molecule has 0 radical (unpaired) electrons. The molecule has 0 spiro atoms. The summed E-state index contributed by atoms with van der Waals surface area (Å²) in [7, 11) is 1.93. The molecular weight excluding hydrogens is 476 g/mol. The van der Waals surface area contributed by atoms with Crippen molar-refractivity contribution in [3.63, 3.8) is 0 Å². The smallest absolute Gasteiger partial charge is 0.421 e. The molecule has 6 nitrogen and oxygen atoms in total. The van der Waals surface area contributed by atoms with Crippen molar-refractivity contribution in [2.75, 3.05) is 46.5 Å². The number of hydrogen-bond donors (Lipinski definition) is 1. The van der Waals surface area contributed by atoms with E-state index < -0.39 is 17.6 Å². The number of ether oxygens (including phenoxy) is 2. The molecule has 27 heavy (non-hydrogen) atoms. The second-order valence-corrected chi connectivity index (χ2v) is 6.05. The molecule has 1 aliphatic rings. The highest BCUT2D eigenvalue weighted by molar-refractivity contribution is 14.0. The number of aliphatic imine (C=N–C) groups is 1. The average Bonchev–Trinajstić information content (AvgIpc) is 3.10. The van der Waals surface area contributed by atoms with E-state index in [-0.39, 0.29) is 37.1 Å². The molecule has 0 aromatic carbocycles. The van der Waals surface area contributed by atoms with Crippen LogP contribution in [0, 0.1) is 5.92 Å². The molecule has 0 bridgehead atoms. The summed E-state index contributed by atoms with van der Waals surface area (Å²) in [6.07, 6.45) is -2.20. The van der Waals surface area contributed by atoms with Gasteiger partial charge < -0.3 is 19.7 Å². The molecule has 1 fully saturated rings. The molecule has 0 aliphatic carbocycles. The van der Waals surface area contributed by atoms with Crippen molar-refractivity contribution < 1.29 is 22.6 Å². The molecule has 2 rings (SSSR count). The SMILES string of the molecule is CCNC(=NCCOc1ncccc1C(F)(F)F)N(C)CC1CCOC1.I. The van der Waals surface area contributed by atoms with E-state index in [1.54, 1.807) is 0 Å². The summed E-state index contributed by atoms with van der Waals surface area (Å²) in [5.41, 5.74) is -0.880. The molecule has 1 saturated heterocycles. The molecular formula is C17H26F3IN4O2. The first kappa shape index (κ1) is 23.7. The third-order valence-electron chi connectivity index (χ3n) is 3.92. The molecule has 1 aromatic heterocycles. The number of aromatic nitrogens is 1. The van der Waals surface area contributed by atoms with E-state index in [0.29, 0.717) is 18.4 Å². The fourth-order valence-corrected chi connectivity index (χ4v) is 2.69. The maximum Gasteiger partial charge on any atom is 0.421 e. The van der Waals surface area contributed by atoms with Gasteiger partial charge in [0.15, 0.2) is 5.96 Å². The van der Waals surface area contributed by atoms with E-state index in [2.05, 4.69) is 15.3 Å². The van der Waals surface area contributed by atoms with Gasteiger partial charge >= 0.3 is 6.18 Å². The Balaban J connectivity index is 0.00000364. The zero-order valence-corrected chi connectivity index (χ0v) is 17.8. The van der Waals surface area contributed by atoms with E-state index in [1.807, 2.05) is 18.9 Å². The molecule has 1 aromatic rings. The van der Waals surface area contributed by atoms with Crippen LogP contribution < -0.4 is 10.1 Å². The number of nitrogens with zero attached hydrogens (tertiary/aromatic N) is 3. The van der Waals surface area contributed by atoms with Crippen LogP contribution >= 0.6 is 24.0 Å². The molecule has 154 valence electrons. The van der Waals surface area contributed by atoms with Crippen molar-refractivity contribution in [1.82, 2.24) is 15.2 Å². The van der Waals surface area contributed by atoms with Crippen LogP contribution in [0.25, 0.3) is 0 Å². The van der Waals surface area contributed by atoms with Gasteiger partial charge in [-0.1, -0.05) is 0 Å². The number of guanidine groups is 1. The minimum atomic E-state index is -4.49. The van der Waals surface area contributed by atoms with Gasteiger partial charge in [-0.15, -0.1) is 24.0 Å². The number of pyridine rings is 1. The zero-order valence-electron chi connectivity index (χ0n) is 15.5. The van der Waals surface area contributed by atoms with Gasteiger partial charge in [-0.3, -0.25) is 0 Å². The van der Waals surface area contributed by atoms with Crippen LogP contribution in [0.4, 0.5) is 13.2 Å². The first-order chi connectivity index (χ1) is 12.4. The van der Waals surface area contributed by atoms with Crippen LogP contribution in [0.2, 0.25) is 0 Å². The summed E-state index contributed by atoms with van der Waals surface area (Å²) in [4.78, 5) is 10.1. The average molecular weight is 502 g/mol. The third kappa shape index (κ3) is 7.68. The van der Waals surface area contributed by atoms with Crippen molar-refractivity contribution in [3.8, 4) is 5.88 Å². The lowest BCUT2D eigenvalue weighted by atomic mass is 10.1. The number of hydrogen-bond acceptors (Lipinski definition) is 4. The minimum absolute atomic E-state index is 0.